The Balaban J connectivity index is 1.49. The number of pyridine rings is 2. The van der Waals surface area contributed by atoms with Crippen molar-refractivity contribution in [1.29, 1.82) is 0 Å². The molecule has 0 N–H and O–H groups in total. The molecule has 2 amide bonds. The number of aryl methyl sites for hydroxylation is 1. The minimum Gasteiger partial charge on any atom is -0.306 e. The standard InChI is InChI=1S/C28H21ClN4O2S/c1-18-4-10-21(11-5-18)36-25-23(3-2-13-31-25)27(35)33-16-15-32-26(34)22-12-14-30-17-24(22)28(32,33)19-6-8-20(29)9-7-19/h2-14,17H,15-16H2,1H3. The molecule has 8 heteroatoms. The van der Waals surface area contributed by atoms with Gasteiger partial charge in [-0.3, -0.25) is 14.6 Å². The van der Waals surface area contributed by atoms with Crippen molar-refractivity contribution in [3.05, 3.63) is 118 Å². The quantitative estimate of drug-likeness (QED) is 0.366. The lowest BCUT2D eigenvalue weighted by Gasteiger charge is -2.40. The second kappa shape index (κ2) is 8.76. The summed E-state index contributed by atoms with van der Waals surface area (Å²) in [6.07, 6.45) is 4.99. The van der Waals surface area contributed by atoms with Gasteiger partial charge in [0.25, 0.3) is 11.8 Å². The van der Waals surface area contributed by atoms with Crippen LogP contribution in [0.5, 0.6) is 0 Å². The zero-order valence-electron chi connectivity index (χ0n) is 19.4. The molecule has 36 heavy (non-hydrogen) atoms. The summed E-state index contributed by atoms with van der Waals surface area (Å²) in [6.45, 7) is 2.82. The molecular weight excluding hydrogens is 492 g/mol. The number of carbonyl (C=O) groups is 2. The fourth-order valence-corrected chi connectivity index (χ4v) is 6.11. The minimum absolute atomic E-state index is 0.113. The van der Waals surface area contributed by atoms with Crippen LogP contribution in [-0.2, 0) is 5.66 Å². The average molecular weight is 513 g/mol. The lowest BCUT2D eigenvalue weighted by molar-refractivity contribution is 0.0372. The highest BCUT2D eigenvalue weighted by Crippen LogP contribution is 2.50. The van der Waals surface area contributed by atoms with Crippen LogP contribution in [-0.4, -0.2) is 44.7 Å². The second-order valence-corrected chi connectivity index (χ2v) is 10.3. The van der Waals surface area contributed by atoms with Crippen molar-refractivity contribution >= 4 is 35.2 Å². The van der Waals surface area contributed by atoms with E-state index in [-0.39, 0.29) is 11.8 Å². The summed E-state index contributed by atoms with van der Waals surface area (Å²) in [6, 6.07) is 20.7. The summed E-state index contributed by atoms with van der Waals surface area (Å²) >= 11 is 7.65. The molecule has 1 atom stereocenters. The van der Waals surface area contributed by atoms with E-state index in [0.29, 0.717) is 39.8 Å². The highest BCUT2D eigenvalue weighted by molar-refractivity contribution is 7.99. The van der Waals surface area contributed by atoms with Crippen LogP contribution in [0.2, 0.25) is 5.02 Å². The first kappa shape index (κ1) is 22.8. The number of hydrogen-bond donors (Lipinski definition) is 0. The maximum Gasteiger partial charge on any atom is 0.259 e. The van der Waals surface area contributed by atoms with Gasteiger partial charge in [-0.15, -0.1) is 0 Å². The molecule has 178 valence electrons. The third kappa shape index (κ3) is 3.42. The third-order valence-corrected chi connectivity index (χ3v) is 8.01. The van der Waals surface area contributed by atoms with E-state index in [4.69, 9.17) is 11.6 Å². The zero-order chi connectivity index (χ0) is 24.9. The molecule has 0 bridgehead atoms. The number of hydrogen-bond acceptors (Lipinski definition) is 5. The Bertz CT molecular complexity index is 1490. The molecule has 1 saturated heterocycles. The molecule has 2 aromatic heterocycles. The van der Waals surface area contributed by atoms with Gasteiger partial charge >= 0.3 is 0 Å². The molecule has 4 heterocycles. The van der Waals surface area contributed by atoms with Gasteiger partial charge in [0.15, 0.2) is 5.66 Å². The van der Waals surface area contributed by atoms with Crippen molar-refractivity contribution in [3.8, 4) is 0 Å². The van der Waals surface area contributed by atoms with Gasteiger partial charge in [0.05, 0.1) is 11.1 Å². The predicted molar refractivity (Wildman–Crippen MR) is 138 cm³/mol. The number of aromatic nitrogens is 2. The van der Waals surface area contributed by atoms with Gasteiger partial charge in [0.2, 0.25) is 0 Å². The summed E-state index contributed by atoms with van der Waals surface area (Å²) in [4.78, 5) is 41.2. The van der Waals surface area contributed by atoms with Crippen molar-refractivity contribution in [2.45, 2.75) is 22.5 Å². The Labute approximate surface area is 217 Å². The van der Waals surface area contributed by atoms with Crippen LogP contribution in [0.15, 0.2) is 95.2 Å². The molecule has 6 nitrogen and oxygen atoms in total. The summed E-state index contributed by atoms with van der Waals surface area (Å²) < 4.78 is 0. The van der Waals surface area contributed by atoms with E-state index in [1.54, 1.807) is 58.7 Å². The van der Waals surface area contributed by atoms with Crippen LogP contribution in [0, 0.1) is 6.92 Å². The van der Waals surface area contributed by atoms with Gasteiger partial charge in [0.1, 0.15) is 5.03 Å². The number of amides is 2. The van der Waals surface area contributed by atoms with Crippen LogP contribution in [0.3, 0.4) is 0 Å². The number of nitrogens with zero attached hydrogens (tertiary/aromatic N) is 4. The molecule has 1 fully saturated rings. The largest absolute Gasteiger partial charge is 0.306 e. The van der Waals surface area contributed by atoms with Crippen LogP contribution >= 0.6 is 23.4 Å². The molecule has 0 saturated carbocycles. The van der Waals surface area contributed by atoms with E-state index >= 15 is 0 Å². The first-order valence-corrected chi connectivity index (χ1v) is 12.7. The average Bonchev–Trinajstić information content (AvgIpc) is 3.41. The molecule has 0 radical (unpaired) electrons. The van der Waals surface area contributed by atoms with Gasteiger partial charge in [-0.2, -0.15) is 0 Å². The SMILES string of the molecule is Cc1ccc(Sc2ncccc2C(=O)N2CCN3C(=O)c4ccncc4C32c2ccc(Cl)cc2)cc1. The highest BCUT2D eigenvalue weighted by Gasteiger charge is 2.60. The molecule has 2 aliphatic rings. The van der Waals surface area contributed by atoms with Gasteiger partial charge in [-0.05, 0) is 49.4 Å². The third-order valence-electron chi connectivity index (χ3n) is 6.73. The first-order chi connectivity index (χ1) is 17.5. The van der Waals surface area contributed by atoms with E-state index in [9.17, 15) is 9.59 Å². The fourth-order valence-electron chi connectivity index (χ4n) is 5.11. The summed E-state index contributed by atoms with van der Waals surface area (Å²) in [5.74, 6) is -0.308. The van der Waals surface area contributed by atoms with E-state index in [1.165, 1.54) is 11.8 Å². The van der Waals surface area contributed by atoms with Crippen molar-refractivity contribution in [3.63, 3.8) is 0 Å². The predicted octanol–water partition coefficient (Wildman–Crippen LogP) is 5.40. The lowest BCUT2D eigenvalue weighted by atomic mass is 9.90. The van der Waals surface area contributed by atoms with Crippen molar-refractivity contribution in [2.75, 3.05) is 13.1 Å². The summed E-state index contributed by atoms with van der Waals surface area (Å²) in [7, 11) is 0. The molecule has 2 aliphatic heterocycles. The van der Waals surface area contributed by atoms with Crippen LogP contribution in [0.4, 0.5) is 0 Å². The molecular formula is C28H21ClN4O2S. The minimum atomic E-state index is -1.11. The number of halogens is 1. The van der Waals surface area contributed by atoms with Crippen LogP contribution in [0.1, 0.15) is 37.4 Å². The van der Waals surface area contributed by atoms with Gasteiger partial charge in [-0.25, -0.2) is 4.98 Å². The van der Waals surface area contributed by atoms with E-state index < -0.39 is 5.66 Å². The molecule has 4 aromatic rings. The van der Waals surface area contributed by atoms with Gasteiger partial charge < -0.3 is 9.80 Å². The number of fused-ring (bicyclic) bond motifs is 3. The fraction of sp³-hybridized carbons (Fsp3) is 0.143. The number of carbonyl (C=O) groups excluding carboxylic acids is 2. The second-order valence-electron chi connectivity index (χ2n) is 8.79. The topological polar surface area (TPSA) is 66.4 Å². The van der Waals surface area contributed by atoms with Crippen molar-refractivity contribution in [2.24, 2.45) is 0 Å². The van der Waals surface area contributed by atoms with E-state index in [2.05, 4.69) is 9.97 Å². The first-order valence-electron chi connectivity index (χ1n) is 11.5. The molecule has 1 unspecified atom stereocenters. The highest BCUT2D eigenvalue weighted by atomic mass is 35.5. The lowest BCUT2D eigenvalue weighted by Crippen LogP contribution is -2.51. The number of benzene rings is 2. The monoisotopic (exact) mass is 512 g/mol. The Morgan fingerprint density at radius 3 is 2.56 bits per heavy atom. The number of rotatable bonds is 4. The van der Waals surface area contributed by atoms with Crippen LogP contribution in [0.25, 0.3) is 0 Å². The maximum atomic E-state index is 14.3. The summed E-state index contributed by atoms with van der Waals surface area (Å²) in [5.41, 5.74) is 2.58. The normalized spacial score (nSPS) is 18.3. The molecule has 2 aromatic carbocycles. The van der Waals surface area contributed by atoms with E-state index in [0.717, 1.165) is 16.0 Å². The maximum absolute atomic E-state index is 14.3. The Morgan fingerprint density at radius 2 is 1.78 bits per heavy atom. The van der Waals surface area contributed by atoms with Crippen LogP contribution < -0.4 is 0 Å². The molecule has 0 spiro atoms. The van der Waals surface area contributed by atoms with Gasteiger partial charge in [-0.1, -0.05) is 53.2 Å². The Hall–Kier alpha value is -3.68. The van der Waals surface area contributed by atoms with Crippen molar-refractivity contribution < 1.29 is 9.59 Å². The Morgan fingerprint density at radius 1 is 1.00 bits per heavy atom. The van der Waals surface area contributed by atoms with Gasteiger partial charge in [0, 0.05) is 52.7 Å². The molecule has 6 rings (SSSR count). The van der Waals surface area contributed by atoms with Crippen molar-refractivity contribution in [1.82, 2.24) is 19.8 Å². The zero-order valence-corrected chi connectivity index (χ0v) is 21.0. The molecule has 0 aliphatic carbocycles. The summed E-state index contributed by atoms with van der Waals surface area (Å²) in [5, 5.41) is 1.20. The Kier molecular flexibility index (Phi) is 5.54. The van der Waals surface area contributed by atoms with E-state index in [1.807, 2.05) is 43.3 Å². The smallest absolute Gasteiger partial charge is 0.259 e.